The molecule has 0 amide bonds. The summed E-state index contributed by atoms with van der Waals surface area (Å²) in [5, 5.41) is 2.90. The number of halogens is 3. The number of carbonyl (C=O) groups excluding carboxylic acids is 1. The molecule has 0 aromatic heterocycles. The molecule has 0 aliphatic carbocycles. The Morgan fingerprint density at radius 3 is 2.27 bits per heavy atom. The van der Waals surface area contributed by atoms with Crippen LogP contribution in [0, 0.1) is 0 Å². The van der Waals surface area contributed by atoms with Crippen molar-refractivity contribution in [2.75, 3.05) is 0 Å². The second-order valence-corrected chi connectivity index (χ2v) is 3.21. The Morgan fingerprint density at radius 1 is 1.27 bits per heavy atom. The molecule has 0 heterocycles. The summed E-state index contributed by atoms with van der Waals surface area (Å²) >= 11 is 0. The van der Waals surface area contributed by atoms with Crippen molar-refractivity contribution in [2.45, 2.75) is 45.2 Å². The monoisotopic (exact) mass is 224 g/mol. The molecule has 0 atom stereocenters. The molecule has 0 saturated heterocycles. The molecule has 0 aromatic carbocycles. The van der Waals surface area contributed by atoms with Crippen LogP contribution in [-0.4, -0.2) is 17.7 Å². The summed E-state index contributed by atoms with van der Waals surface area (Å²) < 4.78 is 35.9. The highest BCUT2D eigenvalue weighted by Crippen LogP contribution is 2.18. The standard InChI is InChI=1S/C9H15F3N2O/c1-2-3-4-5-6-7(14-13)8(15)9(10,11)12/h2-6,13H2,1H3/b14-7+. The van der Waals surface area contributed by atoms with Gasteiger partial charge in [0.05, 0.1) is 0 Å². The Labute approximate surface area is 86.5 Å². The molecule has 0 rings (SSSR count). The smallest absolute Gasteiger partial charge is 0.323 e. The minimum atomic E-state index is -4.87. The molecule has 0 aromatic rings. The van der Waals surface area contributed by atoms with Crippen LogP contribution in [0.4, 0.5) is 13.2 Å². The number of unbranched alkanes of at least 4 members (excludes halogenated alkanes) is 3. The van der Waals surface area contributed by atoms with E-state index in [-0.39, 0.29) is 6.42 Å². The minimum absolute atomic E-state index is 0.00512. The van der Waals surface area contributed by atoms with Gasteiger partial charge in [0.15, 0.2) is 0 Å². The van der Waals surface area contributed by atoms with E-state index in [4.69, 9.17) is 5.84 Å². The van der Waals surface area contributed by atoms with Crippen LogP contribution in [0.15, 0.2) is 5.10 Å². The summed E-state index contributed by atoms with van der Waals surface area (Å²) in [6, 6.07) is 0. The summed E-state index contributed by atoms with van der Waals surface area (Å²) in [4.78, 5) is 10.7. The second-order valence-electron chi connectivity index (χ2n) is 3.21. The average molecular weight is 224 g/mol. The molecule has 0 bridgehead atoms. The third-order valence-electron chi connectivity index (χ3n) is 1.94. The fourth-order valence-electron chi connectivity index (χ4n) is 1.12. The van der Waals surface area contributed by atoms with Gasteiger partial charge in [0.25, 0.3) is 5.78 Å². The van der Waals surface area contributed by atoms with Gasteiger partial charge in [0.1, 0.15) is 5.71 Å². The van der Waals surface area contributed by atoms with E-state index >= 15 is 0 Å². The molecule has 3 nitrogen and oxygen atoms in total. The van der Waals surface area contributed by atoms with Gasteiger partial charge in [0, 0.05) is 0 Å². The second kappa shape index (κ2) is 6.42. The van der Waals surface area contributed by atoms with Crippen LogP contribution in [0.2, 0.25) is 0 Å². The lowest BCUT2D eigenvalue weighted by atomic mass is 10.1. The number of hydrogen-bond donors (Lipinski definition) is 1. The van der Waals surface area contributed by atoms with Gasteiger partial charge in [-0.05, 0) is 12.8 Å². The third-order valence-corrected chi connectivity index (χ3v) is 1.94. The number of nitrogens with zero attached hydrogens (tertiary/aromatic N) is 1. The van der Waals surface area contributed by atoms with Crippen molar-refractivity contribution < 1.29 is 18.0 Å². The Balaban J connectivity index is 4.11. The van der Waals surface area contributed by atoms with Gasteiger partial charge in [-0.3, -0.25) is 4.79 Å². The predicted octanol–water partition coefficient (Wildman–Crippen LogP) is 2.40. The summed E-state index contributed by atoms with van der Waals surface area (Å²) in [5.41, 5.74) is -0.585. The highest BCUT2D eigenvalue weighted by Gasteiger charge is 2.41. The van der Waals surface area contributed by atoms with E-state index in [2.05, 4.69) is 5.10 Å². The number of alkyl halides is 3. The fourth-order valence-corrected chi connectivity index (χ4v) is 1.12. The Morgan fingerprint density at radius 2 is 1.87 bits per heavy atom. The van der Waals surface area contributed by atoms with Crippen molar-refractivity contribution in [3.63, 3.8) is 0 Å². The SMILES string of the molecule is CCCCCC/C(=N\N)C(=O)C(F)(F)F. The molecule has 0 unspecified atom stereocenters. The van der Waals surface area contributed by atoms with Crippen LogP contribution in [0.1, 0.15) is 39.0 Å². The summed E-state index contributed by atoms with van der Waals surface area (Å²) in [7, 11) is 0. The fraction of sp³-hybridized carbons (Fsp3) is 0.778. The Bertz CT molecular complexity index is 236. The minimum Gasteiger partial charge on any atom is -0.323 e. The normalized spacial score (nSPS) is 12.9. The van der Waals surface area contributed by atoms with Crippen molar-refractivity contribution in [3.8, 4) is 0 Å². The number of ketones is 1. The van der Waals surface area contributed by atoms with Gasteiger partial charge < -0.3 is 5.84 Å². The molecule has 88 valence electrons. The van der Waals surface area contributed by atoms with Crippen LogP contribution in [0.25, 0.3) is 0 Å². The maximum Gasteiger partial charge on any atom is 0.456 e. The van der Waals surface area contributed by atoms with Crippen LogP contribution in [-0.2, 0) is 4.79 Å². The molecule has 0 spiro atoms. The number of Topliss-reactive ketones (excluding diaryl/α,β-unsaturated/α-hetero) is 1. The molecule has 0 radical (unpaired) electrons. The summed E-state index contributed by atoms with van der Waals surface area (Å²) in [6.45, 7) is 1.98. The van der Waals surface area contributed by atoms with Crippen LogP contribution in [0.3, 0.4) is 0 Å². The van der Waals surface area contributed by atoms with Gasteiger partial charge >= 0.3 is 6.18 Å². The number of hydrogen-bond acceptors (Lipinski definition) is 3. The van der Waals surface area contributed by atoms with E-state index in [0.717, 1.165) is 19.3 Å². The first-order chi connectivity index (χ1) is 6.93. The highest BCUT2D eigenvalue weighted by molar-refractivity contribution is 6.41. The van der Waals surface area contributed by atoms with Gasteiger partial charge in [0.2, 0.25) is 0 Å². The summed E-state index contributed by atoms with van der Waals surface area (Å²) in [6.07, 6.45) is -1.69. The molecule has 0 fully saturated rings. The Hall–Kier alpha value is -1.07. The molecule has 0 aliphatic rings. The van der Waals surface area contributed by atoms with Crippen LogP contribution >= 0.6 is 0 Å². The van der Waals surface area contributed by atoms with Crippen molar-refractivity contribution >= 4 is 11.5 Å². The van der Waals surface area contributed by atoms with Gasteiger partial charge in [-0.25, -0.2) is 0 Å². The average Bonchev–Trinajstić information content (AvgIpc) is 2.16. The van der Waals surface area contributed by atoms with Crippen molar-refractivity contribution in [2.24, 2.45) is 10.9 Å². The number of nitrogens with two attached hydrogens (primary N) is 1. The van der Waals surface area contributed by atoms with E-state index in [1.54, 1.807) is 0 Å². The van der Waals surface area contributed by atoms with Crippen LogP contribution < -0.4 is 5.84 Å². The Kier molecular flexibility index (Phi) is 5.96. The zero-order valence-corrected chi connectivity index (χ0v) is 8.60. The predicted molar refractivity (Wildman–Crippen MR) is 51.4 cm³/mol. The largest absolute Gasteiger partial charge is 0.456 e. The molecule has 0 saturated carbocycles. The number of rotatable bonds is 6. The number of carbonyl (C=O) groups is 1. The van der Waals surface area contributed by atoms with Gasteiger partial charge in [-0.1, -0.05) is 26.2 Å². The molecular formula is C9H15F3N2O. The molecule has 15 heavy (non-hydrogen) atoms. The van der Waals surface area contributed by atoms with Crippen molar-refractivity contribution in [1.82, 2.24) is 0 Å². The lowest BCUT2D eigenvalue weighted by molar-refractivity contribution is -0.163. The lowest BCUT2D eigenvalue weighted by Crippen LogP contribution is -2.31. The van der Waals surface area contributed by atoms with E-state index in [0.29, 0.717) is 6.42 Å². The highest BCUT2D eigenvalue weighted by atomic mass is 19.4. The van der Waals surface area contributed by atoms with E-state index in [1.165, 1.54) is 0 Å². The first kappa shape index (κ1) is 13.9. The van der Waals surface area contributed by atoms with Crippen molar-refractivity contribution in [1.29, 1.82) is 0 Å². The van der Waals surface area contributed by atoms with E-state index < -0.39 is 17.7 Å². The number of hydrazone groups is 1. The third kappa shape index (κ3) is 5.39. The molecule has 6 heteroatoms. The van der Waals surface area contributed by atoms with E-state index in [9.17, 15) is 18.0 Å². The lowest BCUT2D eigenvalue weighted by Gasteiger charge is -2.06. The zero-order valence-electron chi connectivity index (χ0n) is 8.60. The van der Waals surface area contributed by atoms with Crippen molar-refractivity contribution in [3.05, 3.63) is 0 Å². The maximum absolute atomic E-state index is 12.0. The van der Waals surface area contributed by atoms with Gasteiger partial charge in [-0.15, -0.1) is 0 Å². The zero-order chi connectivity index (χ0) is 11.9. The topological polar surface area (TPSA) is 55.4 Å². The van der Waals surface area contributed by atoms with E-state index in [1.807, 2.05) is 6.92 Å². The molecular weight excluding hydrogens is 209 g/mol. The quantitative estimate of drug-likeness (QED) is 0.326. The van der Waals surface area contributed by atoms with Crippen LogP contribution in [0.5, 0.6) is 0 Å². The molecule has 0 aliphatic heterocycles. The van der Waals surface area contributed by atoms with Gasteiger partial charge in [-0.2, -0.15) is 18.3 Å². The first-order valence-corrected chi connectivity index (χ1v) is 4.81. The maximum atomic E-state index is 12.0. The summed E-state index contributed by atoms with van der Waals surface area (Å²) in [5.74, 6) is 2.82. The first-order valence-electron chi connectivity index (χ1n) is 4.81. The molecule has 2 N–H and O–H groups in total.